The van der Waals surface area contributed by atoms with Gasteiger partial charge >= 0.3 is 0 Å². The van der Waals surface area contributed by atoms with E-state index in [0.29, 0.717) is 22.9 Å². The molecule has 2 aromatic carbocycles. The van der Waals surface area contributed by atoms with Crippen LogP contribution in [-0.2, 0) is 0 Å². The Hall–Kier alpha value is -3.55. The number of rotatable bonds is 6. The molecule has 1 aromatic heterocycles. The van der Waals surface area contributed by atoms with E-state index in [0.717, 1.165) is 0 Å². The molecule has 3 rings (SSSR count). The maximum absolute atomic E-state index is 13.1. The van der Waals surface area contributed by atoms with Gasteiger partial charge in [-0.2, -0.15) is 5.10 Å². The molecule has 27 heavy (non-hydrogen) atoms. The number of ether oxygens (including phenoxy) is 3. The van der Waals surface area contributed by atoms with Gasteiger partial charge < -0.3 is 19.5 Å². The Morgan fingerprint density at radius 3 is 2.33 bits per heavy atom. The third kappa shape index (κ3) is 3.84. The first kappa shape index (κ1) is 18.2. The number of benzene rings is 2. The molecule has 0 fully saturated rings. The highest BCUT2D eigenvalue weighted by Crippen LogP contribution is 2.30. The second kappa shape index (κ2) is 7.77. The van der Waals surface area contributed by atoms with E-state index in [1.54, 1.807) is 43.6 Å². The number of hydrogen-bond donors (Lipinski definition) is 1. The molecule has 140 valence electrons. The first-order valence-corrected chi connectivity index (χ1v) is 7.98. The topological polar surface area (TPSA) is 74.6 Å². The molecule has 0 aliphatic heterocycles. The van der Waals surface area contributed by atoms with Crippen LogP contribution in [0.3, 0.4) is 0 Å². The number of carbonyl (C=O) groups is 1. The van der Waals surface area contributed by atoms with Gasteiger partial charge in [-0.1, -0.05) is 0 Å². The van der Waals surface area contributed by atoms with Crippen molar-refractivity contribution in [2.75, 3.05) is 26.6 Å². The van der Waals surface area contributed by atoms with E-state index in [4.69, 9.17) is 14.2 Å². The number of amides is 1. The van der Waals surface area contributed by atoms with Crippen LogP contribution in [0, 0.1) is 5.82 Å². The van der Waals surface area contributed by atoms with Crippen LogP contribution >= 0.6 is 0 Å². The molecule has 0 radical (unpaired) electrons. The van der Waals surface area contributed by atoms with Crippen molar-refractivity contribution >= 4 is 11.6 Å². The quantitative estimate of drug-likeness (QED) is 0.720. The van der Waals surface area contributed by atoms with Gasteiger partial charge in [0.15, 0.2) is 11.4 Å². The Bertz CT molecular complexity index is 954. The molecule has 8 heteroatoms. The van der Waals surface area contributed by atoms with Crippen LogP contribution in [0.4, 0.5) is 10.1 Å². The lowest BCUT2D eigenvalue weighted by Gasteiger charge is -2.11. The standard InChI is InChI=1S/C19H18FN3O4/c1-25-14-8-9-15(16(10-14)26-2)21-19(24)18-17(27-3)11-23(22-18)13-6-4-12(20)5-7-13/h4-11H,1-3H3,(H,21,24). The van der Waals surface area contributed by atoms with Crippen LogP contribution in [-0.4, -0.2) is 37.0 Å². The number of hydrogen-bond acceptors (Lipinski definition) is 5. The van der Waals surface area contributed by atoms with Crippen LogP contribution in [0.5, 0.6) is 17.2 Å². The number of carbonyl (C=O) groups excluding carboxylic acids is 1. The number of nitrogens with zero attached hydrogens (tertiary/aromatic N) is 2. The lowest BCUT2D eigenvalue weighted by Crippen LogP contribution is -2.14. The number of aromatic nitrogens is 2. The summed E-state index contributed by atoms with van der Waals surface area (Å²) < 4.78 is 30.2. The zero-order valence-corrected chi connectivity index (χ0v) is 15.0. The summed E-state index contributed by atoms with van der Waals surface area (Å²) in [7, 11) is 4.48. The van der Waals surface area contributed by atoms with E-state index in [9.17, 15) is 9.18 Å². The first-order chi connectivity index (χ1) is 13.0. The highest BCUT2D eigenvalue weighted by Gasteiger charge is 2.20. The summed E-state index contributed by atoms with van der Waals surface area (Å²) >= 11 is 0. The fourth-order valence-electron chi connectivity index (χ4n) is 2.47. The normalized spacial score (nSPS) is 10.4. The average molecular weight is 371 g/mol. The molecule has 0 aliphatic rings. The van der Waals surface area contributed by atoms with Crippen molar-refractivity contribution in [2.24, 2.45) is 0 Å². The summed E-state index contributed by atoms with van der Waals surface area (Å²) in [6.45, 7) is 0. The van der Waals surface area contributed by atoms with Crippen molar-refractivity contribution in [1.82, 2.24) is 9.78 Å². The summed E-state index contributed by atoms with van der Waals surface area (Å²) in [5, 5.41) is 7.00. The molecule has 0 atom stereocenters. The van der Waals surface area contributed by atoms with Gasteiger partial charge in [-0.15, -0.1) is 0 Å². The fourth-order valence-corrected chi connectivity index (χ4v) is 2.47. The largest absolute Gasteiger partial charge is 0.497 e. The molecule has 0 saturated heterocycles. The zero-order valence-electron chi connectivity index (χ0n) is 15.0. The second-order valence-corrected chi connectivity index (χ2v) is 5.49. The van der Waals surface area contributed by atoms with Crippen LogP contribution < -0.4 is 19.5 Å². The Balaban J connectivity index is 1.89. The SMILES string of the molecule is COc1ccc(NC(=O)c2nn(-c3ccc(F)cc3)cc2OC)c(OC)c1. The van der Waals surface area contributed by atoms with Gasteiger partial charge in [0.25, 0.3) is 5.91 Å². The van der Waals surface area contributed by atoms with Crippen LogP contribution in [0.1, 0.15) is 10.5 Å². The Morgan fingerprint density at radius 1 is 1.00 bits per heavy atom. The molecule has 0 unspecified atom stereocenters. The summed E-state index contributed by atoms with van der Waals surface area (Å²) in [6, 6.07) is 10.7. The third-order valence-electron chi connectivity index (χ3n) is 3.86. The van der Waals surface area contributed by atoms with E-state index >= 15 is 0 Å². The zero-order chi connectivity index (χ0) is 19.4. The Kier molecular flexibility index (Phi) is 5.25. The highest BCUT2D eigenvalue weighted by atomic mass is 19.1. The lowest BCUT2D eigenvalue weighted by atomic mass is 10.2. The van der Waals surface area contributed by atoms with Crippen molar-refractivity contribution in [1.29, 1.82) is 0 Å². The van der Waals surface area contributed by atoms with Gasteiger partial charge in [0, 0.05) is 6.07 Å². The van der Waals surface area contributed by atoms with Crippen molar-refractivity contribution in [3.8, 4) is 22.9 Å². The van der Waals surface area contributed by atoms with Gasteiger partial charge in [0.1, 0.15) is 17.3 Å². The van der Waals surface area contributed by atoms with E-state index in [2.05, 4.69) is 10.4 Å². The monoisotopic (exact) mass is 371 g/mol. The van der Waals surface area contributed by atoms with Gasteiger partial charge in [-0.05, 0) is 36.4 Å². The molecule has 0 bridgehead atoms. The van der Waals surface area contributed by atoms with E-state index in [-0.39, 0.29) is 17.3 Å². The molecule has 3 aromatic rings. The molecule has 1 heterocycles. The first-order valence-electron chi connectivity index (χ1n) is 7.98. The predicted octanol–water partition coefficient (Wildman–Crippen LogP) is 3.29. The van der Waals surface area contributed by atoms with Crippen molar-refractivity contribution in [2.45, 2.75) is 0 Å². The van der Waals surface area contributed by atoms with E-state index in [1.807, 2.05) is 0 Å². The van der Waals surface area contributed by atoms with Gasteiger partial charge in [0.05, 0.1) is 38.9 Å². The molecule has 0 saturated carbocycles. The molecule has 1 amide bonds. The summed E-state index contributed by atoms with van der Waals surface area (Å²) in [4.78, 5) is 12.7. The molecule has 1 N–H and O–H groups in total. The molecule has 7 nitrogen and oxygen atoms in total. The second-order valence-electron chi connectivity index (χ2n) is 5.49. The lowest BCUT2D eigenvalue weighted by molar-refractivity contribution is 0.101. The Morgan fingerprint density at radius 2 is 1.70 bits per heavy atom. The average Bonchev–Trinajstić information content (AvgIpc) is 3.13. The summed E-state index contributed by atoms with van der Waals surface area (Å²) in [6.07, 6.45) is 1.55. The maximum atomic E-state index is 13.1. The number of anilines is 1. The molecular weight excluding hydrogens is 353 g/mol. The fraction of sp³-hybridized carbons (Fsp3) is 0.158. The van der Waals surface area contributed by atoms with Crippen molar-refractivity contribution < 1.29 is 23.4 Å². The minimum Gasteiger partial charge on any atom is -0.497 e. The molecular formula is C19H18FN3O4. The minimum atomic E-state index is -0.476. The van der Waals surface area contributed by atoms with Crippen molar-refractivity contribution in [3.63, 3.8) is 0 Å². The number of methoxy groups -OCH3 is 3. The highest BCUT2D eigenvalue weighted by molar-refractivity contribution is 6.05. The molecule has 0 aliphatic carbocycles. The van der Waals surface area contributed by atoms with Crippen LogP contribution in [0.25, 0.3) is 5.69 Å². The van der Waals surface area contributed by atoms with E-state index < -0.39 is 5.91 Å². The maximum Gasteiger partial charge on any atom is 0.280 e. The summed E-state index contributed by atoms with van der Waals surface area (Å²) in [5.41, 5.74) is 1.14. The van der Waals surface area contributed by atoms with Gasteiger partial charge in [0.2, 0.25) is 0 Å². The van der Waals surface area contributed by atoms with Crippen molar-refractivity contribution in [3.05, 3.63) is 60.2 Å². The smallest absolute Gasteiger partial charge is 0.280 e. The summed E-state index contributed by atoms with van der Waals surface area (Å²) in [5.74, 6) is 0.491. The van der Waals surface area contributed by atoms with Gasteiger partial charge in [-0.25, -0.2) is 9.07 Å². The number of nitrogens with one attached hydrogen (secondary N) is 1. The Labute approximate surface area is 155 Å². The number of halogens is 1. The van der Waals surface area contributed by atoms with E-state index in [1.165, 1.54) is 31.0 Å². The van der Waals surface area contributed by atoms with Crippen LogP contribution in [0.2, 0.25) is 0 Å². The third-order valence-corrected chi connectivity index (χ3v) is 3.86. The minimum absolute atomic E-state index is 0.0831. The predicted molar refractivity (Wildman–Crippen MR) is 97.6 cm³/mol. The molecule has 0 spiro atoms. The van der Waals surface area contributed by atoms with Gasteiger partial charge in [-0.3, -0.25) is 4.79 Å². The van der Waals surface area contributed by atoms with Crippen LogP contribution in [0.15, 0.2) is 48.7 Å².